The van der Waals surface area contributed by atoms with Crippen LogP contribution >= 0.6 is 0 Å². The molecule has 1 fully saturated rings. The molecule has 2 atom stereocenters. The van der Waals surface area contributed by atoms with Gasteiger partial charge in [-0.3, -0.25) is 4.79 Å². The van der Waals surface area contributed by atoms with Gasteiger partial charge in [0.25, 0.3) is 5.91 Å². The summed E-state index contributed by atoms with van der Waals surface area (Å²) in [5.74, 6) is 0.656. The molecule has 1 amide bonds. The van der Waals surface area contributed by atoms with E-state index in [1.54, 1.807) is 6.92 Å². The Hall–Kier alpha value is -1.59. The predicted molar refractivity (Wildman–Crippen MR) is 71.5 cm³/mol. The molecule has 5 nitrogen and oxygen atoms in total. The van der Waals surface area contributed by atoms with Gasteiger partial charge in [0, 0.05) is 12.6 Å². The van der Waals surface area contributed by atoms with E-state index >= 15 is 0 Å². The fourth-order valence-corrected chi connectivity index (χ4v) is 2.41. The summed E-state index contributed by atoms with van der Waals surface area (Å²) >= 11 is 0. The first-order valence-corrected chi connectivity index (χ1v) is 6.64. The fraction of sp³-hybridized carbons (Fsp3) is 0.500. The van der Waals surface area contributed by atoms with E-state index in [1.807, 2.05) is 18.2 Å². The van der Waals surface area contributed by atoms with Gasteiger partial charge in [-0.25, -0.2) is 0 Å². The van der Waals surface area contributed by atoms with E-state index in [0.29, 0.717) is 6.04 Å². The van der Waals surface area contributed by atoms with Crippen molar-refractivity contribution in [3.8, 4) is 5.75 Å². The second-order valence-electron chi connectivity index (χ2n) is 5.01. The van der Waals surface area contributed by atoms with Gasteiger partial charge < -0.3 is 20.1 Å². The zero-order valence-corrected chi connectivity index (χ0v) is 10.9. The molecule has 5 heteroatoms. The average molecular weight is 262 g/mol. The smallest absolute Gasteiger partial charge is 0.265 e. The maximum atomic E-state index is 11.5. The van der Waals surface area contributed by atoms with Gasteiger partial charge in [-0.2, -0.15) is 0 Å². The van der Waals surface area contributed by atoms with Crippen molar-refractivity contribution in [3.63, 3.8) is 0 Å². The number of morpholine rings is 1. The summed E-state index contributed by atoms with van der Waals surface area (Å²) in [4.78, 5) is 11.5. The van der Waals surface area contributed by atoms with Crippen LogP contribution < -0.4 is 15.4 Å². The van der Waals surface area contributed by atoms with Crippen LogP contribution in [0.25, 0.3) is 0 Å². The highest BCUT2D eigenvalue weighted by atomic mass is 16.5. The number of ether oxygens (including phenoxy) is 2. The number of hydrogen-bond donors (Lipinski definition) is 2. The first-order chi connectivity index (χ1) is 9.22. The van der Waals surface area contributed by atoms with Crippen LogP contribution in [0.1, 0.15) is 12.5 Å². The molecule has 2 unspecified atom stereocenters. The van der Waals surface area contributed by atoms with E-state index in [0.717, 1.165) is 37.6 Å². The second kappa shape index (κ2) is 5.19. The van der Waals surface area contributed by atoms with E-state index in [4.69, 9.17) is 9.47 Å². The molecule has 19 heavy (non-hydrogen) atoms. The van der Waals surface area contributed by atoms with Gasteiger partial charge in [-0.1, -0.05) is 6.07 Å². The Bertz CT molecular complexity index is 484. The van der Waals surface area contributed by atoms with Crippen LogP contribution in [0.2, 0.25) is 0 Å². The van der Waals surface area contributed by atoms with Crippen LogP contribution in [0.15, 0.2) is 18.2 Å². The van der Waals surface area contributed by atoms with E-state index in [-0.39, 0.29) is 5.91 Å². The Morgan fingerprint density at radius 2 is 2.32 bits per heavy atom. The van der Waals surface area contributed by atoms with Crippen LogP contribution in [0.5, 0.6) is 5.75 Å². The summed E-state index contributed by atoms with van der Waals surface area (Å²) in [6, 6.07) is 6.27. The third-order valence-electron chi connectivity index (χ3n) is 3.46. The molecule has 102 valence electrons. The number of fused-ring (bicyclic) bond motifs is 1. The molecule has 0 aromatic heterocycles. The summed E-state index contributed by atoms with van der Waals surface area (Å²) in [6.07, 6.45) is 0.470. The van der Waals surface area contributed by atoms with Crippen molar-refractivity contribution in [3.05, 3.63) is 23.8 Å². The van der Waals surface area contributed by atoms with E-state index in [2.05, 4.69) is 10.6 Å². The predicted octanol–water partition coefficient (Wildman–Crippen LogP) is 0.937. The Balaban J connectivity index is 1.74. The first-order valence-electron chi connectivity index (χ1n) is 6.64. The molecule has 0 saturated carbocycles. The van der Waals surface area contributed by atoms with E-state index in [1.165, 1.54) is 5.56 Å². The quantitative estimate of drug-likeness (QED) is 0.832. The van der Waals surface area contributed by atoms with Gasteiger partial charge in [0.1, 0.15) is 5.75 Å². The third kappa shape index (κ3) is 2.72. The highest BCUT2D eigenvalue weighted by Gasteiger charge is 2.24. The minimum Gasteiger partial charge on any atom is -0.479 e. The van der Waals surface area contributed by atoms with Crippen molar-refractivity contribution in [2.24, 2.45) is 0 Å². The van der Waals surface area contributed by atoms with E-state index in [9.17, 15) is 4.79 Å². The lowest BCUT2D eigenvalue weighted by Gasteiger charge is -2.26. The molecular formula is C14H18N2O3. The molecule has 2 aliphatic heterocycles. The maximum Gasteiger partial charge on any atom is 0.265 e. The van der Waals surface area contributed by atoms with Crippen LogP contribution in [0.4, 0.5) is 5.69 Å². The van der Waals surface area contributed by atoms with Gasteiger partial charge in [-0.15, -0.1) is 0 Å². The molecular weight excluding hydrogens is 244 g/mol. The Morgan fingerprint density at radius 1 is 1.42 bits per heavy atom. The van der Waals surface area contributed by atoms with Gasteiger partial charge in [0.2, 0.25) is 0 Å². The molecule has 1 saturated heterocycles. The zero-order chi connectivity index (χ0) is 13.2. The lowest BCUT2D eigenvalue weighted by atomic mass is 10.0. The summed E-state index contributed by atoms with van der Waals surface area (Å²) in [6.45, 7) is 4.18. The topological polar surface area (TPSA) is 59.6 Å². The van der Waals surface area contributed by atoms with Gasteiger partial charge in [-0.05, 0) is 31.0 Å². The number of rotatable bonds is 2. The van der Waals surface area contributed by atoms with E-state index < -0.39 is 6.10 Å². The normalized spacial score (nSPS) is 26.3. The molecule has 2 N–H and O–H groups in total. The molecule has 2 aliphatic rings. The summed E-state index contributed by atoms with van der Waals surface area (Å²) in [5.41, 5.74) is 1.94. The standard InChI is InChI=1S/C14H18N2O3/c1-9-14(17)16-12-3-2-10(7-13(12)19-9)6-11-8-18-5-4-15-11/h2-3,7,9,11,15H,4-6,8H2,1H3,(H,16,17). The van der Waals surface area contributed by atoms with Crippen molar-refractivity contribution < 1.29 is 14.3 Å². The highest BCUT2D eigenvalue weighted by Crippen LogP contribution is 2.30. The molecule has 0 spiro atoms. The SMILES string of the molecule is CC1Oc2cc(CC3COCCN3)ccc2NC1=O. The summed E-state index contributed by atoms with van der Waals surface area (Å²) in [5, 5.41) is 6.26. The number of hydrogen-bond acceptors (Lipinski definition) is 4. The zero-order valence-electron chi connectivity index (χ0n) is 10.9. The monoisotopic (exact) mass is 262 g/mol. The first kappa shape index (κ1) is 12.4. The highest BCUT2D eigenvalue weighted by molar-refractivity contribution is 5.97. The Kier molecular flexibility index (Phi) is 3.40. The number of carbonyl (C=O) groups excluding carboxylic acids is 1. The molecule has 0 bridgehead atoms. The molecule has 3 rings (SSSR count). The van der Waals surface area contributed by atoms with Crippen molar-refractivity contribution in [1.82, 2.24) is 5.32 Å². The second-order valence-corrected chi connectivity index (χ2v) is 5.01. The Labute approximate surface area is 112 Å². The third-order valence-corrected chi connectivity index (χ3v) is 3.46. The largest absolute Gasteiger partial charge is 0.479 e. The van der Waals surface area contributed by atoms with Crippen molar-refractivity contribution in [2.45, 2.75) is 25.5 Å². The Morgan fingerprint density at radius 3 is 3.11 bits per heavy atom. The summed E-state index contributed by atoms with van der Waals surface area (Å²) < 4.78 is 11.1. The average Bonchev–Trinajstić information content (AvgIpc) is 2.42. The lowest BCUT2D eigenvalue weighted by Crippen LogP contribution is -2.42. The number of benzene rings is 1. The fourth-order valence-electron chi connectivity index (χ4n) is 2.41. The maximum absolute atomic E-state index is 11.5. The van der Waals surface area contributed by atoms with Gasteiger partial charge in [0.15, 0.2) is 6.10 Å². The number of nitrogens with one attached hydrogen (secondary N) is 2. The number of anilines is 1. The molecule has 1 aromatic carbocycles. The van der Waals surface area contributed by atoms with Crippen molar-refractivity contribution in [2.75, 3.05) is 25.1 Å². The van der Waals surface area contributed by atoms with Crippen LogP contribution in [-0.2, 0) is 16.0 Å². The van der Waals surface area contributed by atoms with Crippen molar-refractivity contribution >= 4 is 11.6 Å². The van der Waals surface area contributed by atoms with Crippen LogP contribution in [0, 0.1) is 0 Å². The van der Waals surface area contributed by atoms with Gasteiger partial charge in [0.05, 0.1) is 18.9 Å². The van der Waals surface area contributed by atoms with Crippen LogP contribution in [-0.4, -0.2) is 37.8 Å². The molecule has 0 radical (unpaired) electrons. The number of amides is 1. The van der Waals surface area contributed by atoms with Gasteiger partial charge >= 0.3 is 0 Å². The minimum atomic E-state index is -0.432. The summed E-state index contributed by atoms with van der Waals surface area (Å²) in [7, 11) is 0. The molecule has 2 heterocycles. The van der Waals surface area contributed by atoms with Crippen LogP contribution in [0.3, 0.4) is 0 Å². The minimum absolute atomic E-state index is 0.0948. The molecule has 0 aliphatic carbocycles. The van der Waals surface area contributed by atoms with Crippen molar-refractivity contribution in [1.29, 1.82) is 0 Å². The number of carbonyl (C=O) groups is 1. The molecule has 1 aromatic rings. The lowest BCUT2D eigenvalue weighted by molar-refractivity contribution is -0.122.